The molecule has 4 unspecified atom stereocenters. The molecule has 2 saturated heterocycles. The molecule has 1 aliphatic carbocycles. The first-order valence-corrected chi connectivity index (χ1v) is 7.04. The number of rotatable bonds is 2. The predicted molar refractivity (Wildman–Crippen MR) is 66.8 cm³/mol. The quantitative estimate of drug-likeness (QED) is 0.635. The molecular formula is C13H21N3O2. The van der Waals surface area contributed by atoms with Crippen LogP contribution in [0.3, 0.4) is 0 Å². The summed E-state index contributed by atoms with van der Waals surface area (Å²) >= 11 is 0. The topological polar surface area (TPSA) is 70.2 Å². The van der Waals surface area contributed by atoms with E-state index >= 15 is 0 Å². The zero-order valence-corrected chi connectivity index (χ0v) is 10.6. The molecule has 3 fully saturated rings. The molecule has 18 heavy (non-hydrogen) atoms. The van der Waals surface area contributed by atoms with Gasteiger partial charge in [-0.1, -0.05) is 6.42 Å². The number of fused-ring (bicyclic) bond motifs is 1. The summed E-state index contributed by atoms with van der Waals surface area (Å²) in [5.74, 6) is 1.45. The SMILES string of the molecule is O=C1CCC(NC(=O)C2NCC3CCCC32)CN1. The molecule has 0 spiro atoms. The third-order valence-corrected chi connectivity index (χ3v) is 4.64. The number of piperidine rings is 1. The van der Waals surface area contributed by atoms with Gasteiger partial charge in [0, 0.05) is 19.0 Å². The Kier molecular flexibility index (Phi) is 3.24. The Labute approximate surface area is 107 Å². The number of hydrogen-bond acceptors (Lipinski definition) is 3. The number of hydrogen-bond donors (Lipinski definition) is 3. The lowest BCUT2D eigenvalue weighted by atomic mass is 9.93. The molecule has 5 heteroatoms. The standard InChI is InChI=1S/C13H21N3O2/c17-11-5-4-9(7-14-11)16-13(18)12-10-3-1-2-8(10)6-15-12/h8-10,12,15H,1-7H2,(H,14,17)(H,16,18). The van der Waals surface area contributed by atoms with Gasteiger partial charge in [0.2, 0.25) is 11.8 Å². The highest BCUT2D eigenvalue weighted by molar-refractivity contribution is 5.83. The van der Waals surface area contributed by atoms with Crippen LogP contribution < -0.4 is 16.0 Å². The van der Waals surface area contributed by atoms with Crippen molar-refractivity contribution in [3.05, 3.63) is 0 Å². The molecule has 3 rings (SSSR count). The second kappa shape index (κ2) is 4.88. The third kappa shape index (κ3) is 2.23. The summed E-state index contributed by atoms with van der Waals surface area (Å²) in [6.07, 6.45) is 4.99. The van der Waals surface area contributed by atoms with E-state index in [1.165, 1.54) is 19.3 Å². The molecule has 2 amide bonds. The minimum Gasteiger partial charge on any atom is -0.354 e. The van der Waals surface area contributed by atoms with Crippen LogP contribution in [0.5, 0.6) is 0 Å². The number of carbonyl (C=O) groups excluding carboxylic acids is 2. The minimum absolute atomic E-state index is 0.00451. The zero-order valence-electron chi connectivity index (χ0n) is 10.6. The van der Waals surface area contributed by atoms with Gasteiger partial charge in [0.05, 0.1) is 6.04 Å². The maximum absolute atomic E-state index is 12.3. The van der Waals surface area contributed by atoms with Crippen molar-refractivity contribution >= 4 is 11.8 Å². The fourth-order valence-corrected chi connectivity index (χ4v) is 3.62. The third-order valence-electron chi connectivity index (χ3n) is 4.64. The first kappa shape index (κ1) is 12.0. The lowest BCUT2D eigenvalue weighted by molar-refractivity contribution is -0.127. The van der Waals surface area contributed by atoms with Crippen molar-refractivity contribution in [1.82, 2.24) is 16.0 Å². The van der Waals surface area contributed by atoms with Crippen LogP contribution in [0.4, 0.5) is 0 Å². The lowest BCUT2D eigenvalue weighted by Crippen LogP contribution is -2.53. The normalized spacial score (nSPS) is 39.2. The number of carbonyl (C=O) groups is 2. The molecule has 2 heterocycles. The van der Waals surface area contributed by atoms with Crippen molar-refractivity contribution in [2.24, 2.45) is 11.8 Å². The maximum Gasteiger partial charge on any atom is 0.237 e. The smallest absolute Gasteiger partial charge is 0.237 e. The monoisotopic (exact) mass is 251 g/mol. The molecule has 0 radical (unpaired) electrons. The second-order valence-corrected chi connectivity index (χ2v) is 5.79. The van der Waals surface area contributed by atoms with Gasteiger partial charge < -0.3 is 16.0 Å². The van der Waals surface area contributed by atoms with Crippen LogP contribution in [-0.2, 0) is 9.59 Å². The molecule has 0 bridgehead atoms. The summed E-state index contributed by atoms with van der Waals surface area (Å²) < 4.78 is 0. The largest absolute Gasteiger partial charge is 0.354 e. The van der Waals surface area contributed by atoms with Crippen LogP contribution >= 0.6 is 0 Å². The van der Waals surface area contributed by atoms with Crippen molar-refractivity contribution in [1.29, 1.82) is 0 Å². The summed E-state index contributed by atoms with van der Waals surface area (Å²) in [6.45, 7) is 1.57. The van der Waals surface area contributed by atoms with Gasteiger partial charge in [0.1, 0.15) is 0 Å². The van der Waals surface area contributed by atoms with Gasteiger partial charge in [0.25, 0.3) is 0 Å². The summed E-state index contributed by atoms with van der Waals surface area (Å²) in [4.78, 5) is 23.3. The highest BCUT2D eigenvalue weighted by atomic mass is 16.2. The Balaban J connectivity index is 1.53. The van der Waals surface area contributed by atoms with Gasteiger partial charge in [-0.2, -0.15) is 0 Å². The predicted octanol–water partition coefficient (Wildman–Crippen LogP) is -0.231. The molecule has 4 atom stereocenters. The molecule has 1 saturated carbocycles. The molecule has 0 aromatic heterocycles. The van der Waals surface area contributed by atoms with E-state index in [0.29, 0.717) is 24.8 Å². The zero-order chi connectivity index (χ0) is 12.5. The average Bonchev–Trinajstić information content (AvgIpc) is 2.93. The molecule has 5 nitrogen and oxygen atoms in total. The number of amides is 2. The van der Waals surface area contributed by atoms with Crippen LogP contribution in [0, 0.1) is 11.8 Å². The lowest BCUT2D eigenvalue weighted by Gasteiger charge is -2.26. The molecule has 100 valence electrons. The Morgan fingerprint density at radius 1 is 1.22 bits per heavy atom. The molecular weight excluding hydrogens is 230 g/mol. The van der Waals surface area contributed by atoms with Crippen LogP contribution in [-0.4, -0.2) is 37.0 Å². The van der Waals surface area contributed by atoms with Crippen molar-refractivity contribution in [3.8, 4) is 0 Å². The molecule has 3 N–H and O–H groups in total. The van der Waals surface area contributed by atoms with Crippen LogP contribution in [0.2, 0.25) is 0 Å². The van der Waals surface area contributed by atoms with Crippen LogP contribution in [0.1, 0.15) is 32.1 Å². The minimum atomic E-state index is -0.00451. The van der Waals surface area contributed by atoms with E-state index in [4.69, 9.17) is 0 Å². The van der Waals surface area contributed by atoms with E-state index in [-0.39, 0.29) is 23.9 Å². The molecule has 0 aromatic rings. The Morgan fingerprint density at radius 2 is 2.11 bits per heavy atom. The Bertz CT molecular complexity index is 348. The van der Waals surface area contributed by atoms with Crippen molar-refractivity contribution in [2.75, 3.05) is 13.1 Å². The van der Waals surface area contributed by atoms with Crippen molar-refractivity contribution in [3.63, 3.8) is 0 Å². The number of nitrogens with one attached hydrogen (secondary N) is 3. The van der Waals surface area contributed by atoms with Gasteiger partial charge in [-0.15, -0.1) is 0 Å². The van der Waals surface area contributed by atoms with Gasteiger partial charge >= 0.3 is 0 Å². The molecule has 0 aromatic carbocycles. The molecule has 2 aliphatic heterocycles. The summed E-state index contributed by atoms with van der Waals surface area (Å²) in [5.41, 5.74) is 0. The Hall–Kier alpha value is -1.10. The highest BCUT2D eigenvalue weighted by Crippen LogP contribution is 2.37. The van der Waals surface area contributed by atoms with Crippen molar-refractivity contribution < 1.29 is 9.59 Å². The second-order valence-electron chi connectivity index (χ2n) is 5.79. The fraction of sp³-hybridized carbons (Fsp3) is 0.846. The van der Waals surface area contributed by atoms with Gasteiger partial charge in [-0.05, 0) is 37.6 Å². The molecule has 3 aliphatic rings. The van der Waals surface area contributed by atoms with E-state index in [9.17, 15) is 9.59 Å². The van der Waals surface area contributed by atoms with Gasteiger partial charge in [0.15, 0.2) is 0 Å². The van der Waals surface area contributed by atoms with Crippen LogP contribution in [0.15, 0.2) is 0 Å². The maximum atomic E-state index is 12.3. The first-order valence-electron chi connectivity index (χ1n) is 7.04. The first-order chi connectivity index (χ1) is 8.74. The van der Waals surface area contributed by atoms with E-state index in [0.717, 1.165) is 13.0 Å². The fourth-order valence-electron chi connectivity index (χ4n) is 3.62. The summed E-state index contributed by atoms with van der Waals surface area (Å²) in [5, 5.41) is 9.24. The summed E-state index contributed by atoms with van der Waals surface area (Å²) in [6, 6.07) is 0.104. The van der Waals surface area contributed by atoms with Gasteiger partial charge in [-0.25, -0.2) is 0 Å². The van der Waals surface area contributed by atoms with E-state index < -0.39 is 0 Å². The van der Waals surface area contributed by atoms with Gasteiger partial charge in [-0.3, -0.25) is 9.59 Å². The van der Waals surface area contributed by atoms with Crippen molar-refractivity contribution in [2.45, 2.75) is 44.2 Å². The average molecular weight is 251 g/mol. The van der Waals surface area contributed by atoms with Crippen LogP contribution in [0.25, 0.3) is 0 Å². The van der Waals surface area contributed by atoms with E-state index in [1.54, 1.807) is 0 Å². The Morgan fingerprint density at radius 3 is 2.89 bits per heavy atom. The van der Waals surface area contributed by atoms with E-state index in [1.807, 2.05) is 0 Å². The van der Waals surface area contributed by atoms with E-state index in [2.05, 4.69) is 16.0 Å². The summed E-state index contributed by atoms with van der Waals surface area (Å²) in [7, 11) is 0. The highest BCUT2D eigenvalue weighted by Gasteiger charge is 2.42.